The van der Waals surface area contributed by atoms with Crippen LogP contribution in [0.15, 0.2) is 24.3 Å². The smallest absolute Gasteiger partial charge is 0.103 e. The highest BCUT2D eigenvalue weighted by Gasteiger charge is 1.92. The Morgan fingerprint density at radius 2 is 2.00 bits per heavy atom. The predicted molar refractivity (Wildman–Crippen MR) is 53.3 cm³/mol. The van der Waals surface area contributed by atoms with Crippen molar-refractivity contribution in [1.29, 1.82) is 5.26 Å². The van der Waals surface area contributed by atoms with Crippen LogP contribution in [0.2, 0.25) is 0 Å². The number of rotatable bonds is 4. The zero-order valence-corrected chi connectivity index (χ0v) is 7.46. The minimum atomic E-state index is 0.343. The van der Waals surface area contributed by atoms with Gasteiger partial charge in [0.1, 0.15) is 6.54 Å². The summed E-state index contributed by atoms with van der Waals surface area (Å²) in [4.78, 5) is 0. The van der Waals surface area contributed by atoms with Crippen LogP contribution in [0.3, 0.4) is 0 Å². The fraction of sp³-hybridized carbons (Fsp3) is 0.300. The minimum absolute atomic E-state index is 0.343. The van der Waals surface area contributed by atoms with E-state index in [1.165, 1.54) is 5.56 Å². The summed E-state index contributed by atoms with van der Waals surface area (Å²) in [5, 5.41) is 11.3. The van der Waals surface area contributed by atoms with Gasteiger partial charge in [-0.2, -0.15) is 5.26 Å². The lowest BCUT2D eigenvalue weighted by Crippen LogP contribution is -2.03. The fourth-order valence-corrected chi connectivity index (χ4v) is 1.10. The third-order valence-electron chi connectivity index (χ3n) is 1.76. The van der Waals surface area contributed by atoms with Gasteiger partial charge >= 0.3 is 0 Å². The van der Waals surface area contributed by atoms with E-state index in [1.807, 2.05) is 30.3 Å². The maximum atomic E-state index is 8.34. The molecule has 0 radical (unpaired) electrons. The first-order chi connectivity index (χ1) is 6.36. The number of hydrogen-bond donors (Lipinski definition) is 2. The van der Waals surface area contributed by atoms with Crippen molar-refractivity contribution in [3.63, 3.8) is 0 Å². The van der Waals surface area contributed by atoms with Crippen LogP contribution in [-0.2, 0) is 6.42 Å². The Hall–Kier alpha value is -1.53. The third-order valence-corrected chi connectivity index (χ3v) is 1.76. The molecule has 1 aromatic rings. The highest BCUT2D eigenvalue weighted by atomic mass is 14.9. The van der Waals surface area contributed by atoms with Crippen LogP contribution in [0, 0.1) is 11.3 Å². The molecule has 1 aromatic carbocycles. The highest BCUT2D eigenvalue weighted by Crippen LogP contribution is 2.08. The van der Waals surface area contributed by atoms with Crippen molar-refractivity contribution >= 4 is 5.69 Å². The van der Waals surface area contributed by atoms with Crippen molar-refractivity contribution in [2.75, 3.05) is 18.4 Å². The Morgan fingerprint density at radius 1 is 1.31 bits per heavy atom. The van der Waals surface area contributed by atoms with Gasteiger partial charge < -0.3 is 11.1 Å². The molecule has 68 valence electrons. The van der Waals surface area contributed by atoms with E-state index in [4.69, 9.17) is 11.0 Å². The average Bonchev–Trinajstić information content (AvgIpc) is 2.17. The van der Waals surface area contributed by atoms with E-state index in [0.29, 0.717) is 13.1 Å². The molecule has 0 amide bonds. The molecule has 0 atom stereocenters. The van der Waals surface area contributed by atoms with Crippen molar-refractivity contribution in [3.05, 3.63) is 29.8 Å². The number of nitriles is 1. The Morgan fingerprint density at radius 3 is 2.54 bits per heavy atom. The molecule has 0 heterocycles. The summed E-state index contributed by atoms with van der Waals surface area (Å²) < 4.78 is 0. The van der Waals surface area contributed by atoms with Gasteiger partial charge in [-0.3, -0.25) is 0 Å². The highest BCUT2D eigenvalue weighted by molar-refractivity contribution is 5.45. The zero-order valence-electron chi connectivity index (χ0n) is 7.46. The Bertz CT molecular complexity index is 284. The van der Waals surface area contributed by atoms with Crippen LogP contribution >= 0.6 is 0 Å². The SMILES string of the molecule is N#CCNc1ccc(CCN)cc1. The van der Waals surface area contributed by atoms with Crippen molar-refractivity contribution in [2.24, 2.45) is 5.73 Å². The molecule has 3 heteroatoms. The van der Waals surface area contributed by atoms with Crippen molar-refractivity contribution in [3.8, 4) is 6.07 Å². The normalized spacial score (nSPS) is 9.23. The van der Waals surface area contributed by atoms with Gasteiger partial charge in [-0.25, -0.2) is 0 Å². The van der Waals surface area contributed by atoms with E-state index in [2.05, 4.69) is 5.32 Å². The summed E-state index contributed by atoms with van der Waals surface area (Å²) in [6.07, 6.45) is 0.901. The lowest BCUT2D eigenvalue weighted by atomic mass is 10.1. The molecule has 0 spiro atoms. The molecular formula is C10H13N3. The van der Waals surface area contributed by atoms with Gasteiger partial charge in [-0.05, 0) is 30.7 Å². The van der Waals surface area contributed by atoms with Crippen LogP contribution in [0.1, 0.15) is 5.56 Å². The second-order valence-electron chi connectivity index (χ2n) is 2.75. The van der Waals surface area contributed by atoms with Crippen LogP contribution in [0.4, 0.5) is 5.69 Å². The molecule has 0 saturated heterocycles. The Balaban J connectivity index is 2.54. The van der Waals surface area contributed by atoms with E-state index >= 15 is 0 Å². The molecule has 0 bridgehead atoms. The van der Waals surface area contributed by atoms with Crippen LogP contribution in [-0.4, -0.2) is 13.1 Å². The molecule has 0 unspecified atom stereocenters. The van der Waals surface area contributed by atoms with Gasteiger partial charge in [-0.15, -0.1) is 0 Å². The number of hydrogen-bond acceptors (Lipinski definition) is 3. The average molecular weight is 175 g/mol. The van der Waals surface area contributed by atoms with Gasteiger partial charge in [0, 0.05) is 5.69 Å². The van der Waals surface area contributed by atoms with Crippen molar-refractivity contribution < 1.29 is 0 Å². The molecule has 0 aliphatic rings. The largest absolute Gasteiger partial charge is 0.372 e. The predicted octanol–water partition coefficient (Wildman–Crippen LogP) is 1.12. The van der Waals surface area contributed by atoms with E-state index in [-0.39, 0.29) is 0 Å². The van der Waals surface area contributed by atoms with Gasteiger partial charge in [0.05, 0.1) is 6.07 Å². The monoisotopic (exact) mass is 175 g/mol. The number of benzene rings is 1. The third kappa shape index (κ3) is 3.14. The van der Waals surface area contributed by atoms with Gasteiger partial charge in [-0.1, -0.05) is 12.1 Å². The summed E-state index contributed by atoms with van der Waals surface area (Å²) in [6.45, 7) is 1.02. The molecule has 0 aliphatic heterocycles. The molecular weight excluding hydrogens is 162 g/mol. The van der Waals surface area contributed by atoms with E-state index in [0.717, 1.165) is 12.1 Å². The van der Waals surface area contributed by atoms with Crippen molar-refractivity contribution in [1.82, 2.24) is 0 Å². The van der Waals surface area contributed by atoms with E-state index in [9.17, 15) is 0 Å². The number of anilines is 1. The molecule has 13 heavy (non-hydrogen) atoms. The topological polar surface area (TPSA) is 61.8 Å². The first-order valence-electron chi connectivity index (χ1n) is 4.26. The van der Waals surface area contributed by atoms with E-state index < -0.39 is 0 Å². The summed E-state index contributed by atoms with van der Waals surface area (Å²) >= 11 is 0. The van der Waals surface area contributed by atoms with Gasteiger partial charge in [0.25, 0.3) is 0 Å². The summed E-state index contributed by atoms with van der Waals surface area (Å²) in [6, 6.07) is 9.99. The molecule has 3 nitrogen and oxygen atoms in total. The Kier molecular flexibility index (Phi) is 3.80. The number of nitrogens with zero attached hydrogens (tertiary/aromatic N) is 1. The second kappa shape index (κ2) is 5.18. The number of nitrogens with one attached hydrogen (secondary N) is 1. The summed E-state index contributed by atoms with van der Waals surface area (Å²) in [7, 11) is 0. The van der Waals surface area contributed by atoms with Gasteiger partial charge in [0.15, 0.2) is 0 Å². The van der Waals surface area contributed by atoms with E-state index in [1.54, 1.807) is 0 Å². The van der Waals surface area contributed by atoms with Crippen molar-refractivity contribution in [2.45, 2.75) is 6.42 Å². The second-order valence-corrected chi connectivity index (χ2v) is 2.75. The lowest BCUT2D eigenvalue weighted by Gasteiger charge is -2.02. The summed E-state index contributed by atoms with van der Waals surface area (Å²) in [5.41, 5.74) is 7.62. The zero-order chi connectivity index (χ0) is 9.52. The van der Waals surface area contributed by atoms with Crippen LogP contribution in [0.5, 0.6) is 0 Å². The quantitative estimate of drug-likeness (QED) is 0.674. The maximum absolute atomic E-state index is 8.34. The molecule has 0 aromatic heterocycles. The van der Waals surface area contributed by atoms with Crippen LogP contribution in [0.25, 0.3) is 0 Å². The van der Waals surface area contributed by atoms with Crippen LogP contribution < -0.4 is 11.1 Å². The number of nitrogens with two attached hydrogens (primary N) is 1. The lowest BCUT2D eigenvalue weighted by molar-refractivity contribution is 0.969. The van der Waals surface area contributed by atoms with Gasteiger partial charge in [0.2, 0.25) is 0 Å². The molecule has 0 fully saturated rings. The molecule has 0 aliphatic carbocycles. The first kappa shape index (κ1) is 9.56. The first-order valence-corrected chi connectivity index (χ1v) is 4.26. The summed E-state index contributed by atoms with van der Waals surface area (Å²) in [5.74, 6) is 0. The minimum Gasteiger partial charge on any atom is -0.372 e. The molecule has 1 rings (SSSR count). The maximum Gasteiger partial charge on any atom is 0.103 e. The fourth-order valence-electron chi connectivity index (χ4n) is 1.10. The Labute approximate surface area is 78.2 Å². The molecule has 0 saturated carbocycles. The molecule has 3 N–H and O–H groups in total. The standard InChI is InChI=1S/C10H13N3/c11-6-5-9-1-3-10(4-2-9)13-8-7-12/h1-4,13H,5-6,8,11H2.